The number of halogens is 1. The minimum absolute atomic E-state index is 0.0546. The number of amides is 3. The Balaban J connectivity index is 1.51. The molecular weight excluding hydrogens is 638 g/mol. The number of hydrogen-bond acceptors (Lipinski definition) is 7. The molecule has 0 aliphatic heterocycles. The first-order chi connectivity index (χ1) is 22.7. The zero-order chi connectivity index (χ0) is 33.8. The molecule has 0 aliphatic rings. The molecule has 1 atom stereocenters. The number of carbonyl (C=O) groups is 3. The van der Waals surface area contributed by atoms with Crippen molar-refractivity contribution in [2.45, 2.75) is 30.4 Å². The van der Waals surface area contributed by atoms with Crippen molar-refractivity contribution in [3.8, 4) is 17.2 Å². The molecule has 244 valence electrons. The van der Waals surface area contributed by atoms with Gasteiger partial charge in [-0.25, -0.2) is 0 Å². The van der Waals surface area contributed by atoms with Crippen molar-refractivity contribution >= 4 is 58.5 Å². The first kappa shape index (κ1) is 34.9. The number of rotatable bonds is 14. The van der Waals surface area contributed by atoms with E-state index in [1.54, 1.807) is 84.9 Å². The van der Waals surface area contributed by atoms with E-state index in [-0.39, 0.29) is 11.6 Å². The van der Waals surface area contributed by atoms with Gasteiger partial charge in [-0.1, -0.05) is 54.9 Å². The van der Waals surface area contributed by atoms with Crippen LogP contribution in [0.3, 0.4) is 0 Å². The third-order valence-electron chi connectivity index (χ3n) is 6.80. The van der Waals surface area contributed by atoms with Gasteiger partial charge in [-0.3, -0.25) is 14.4 Å². The molecule has 4 aromatic carbocycles. The SMILES string of the molecule is CCOc1ccc(/C=C(/NC(=O)c2ccccc2)C(=O)Nc2cccc(SC(CC)C(=O)Nc3cc(Cl)c(OC)cc3OC)c2)cc1. The Morgan fingerprint density at radius 2 is 1.57 bits per heavy atom. The standard InChI is InChI=1S/C36H36ClN3O6S/c1-5-33(36(43)39-29-21-28(37)31(44-3)22-32(29)45-4)47-27-14-10-13-25(20-27)38-35(42)30(40-34(41)24-11-8-7-9-12-24)19-23-15-17-26(18-16-23)46-6-2/h7-22,33H,5-6H2,1-4H3,(H,38,42)(H,39,43)(H,40,41)/b30-19+. The quantitative estimate of drug-likeness (QED) is 0.0929. The normalized spacial score (nSPS) is 11.6. The number of benzene rings is 4. The maximum atomic E-state index is 13.6. The summed E-state index contributed by atoms with van der Waals surface area (Å²) in [6.45, 7) is 4.34. The van der Waals surface area contributed by atoms with Gasteiger partial charge in [-0.15, -0.1) is 11.8 Å². The summed E-state index contributed by atoms with van der Waals surface area (Å²) in [5.74, 6) is 0.365. The molecule has 47 heavy (non-hydrogen) atoms. The van der Waals surface area contributed by atoms with Crippen LogP contribution in [0.4, 0.5) is 11.4 Å². The molecule has 3 N–H and O–H groups in total. The molecule has 0 saturated heterocycles. The number of carbonyl (C=O) groups excluding carboxylic acids is 3. The summed E-state index contributed by atoms with van der Waals surface area (Å²) < 4.78 is 16.2. The molecule has 9 nitrogen and oxygen atoms in total. The van der Waals surface area contributed by atoms with Crippen LogP contribution in [0.15, 0.2) is 102 Å². The average Bonchev–Trinajstić information content (AvgIpc) is 3.08. The third kappa shape index (κ3) is 9.78. The number of anilines is 2. The van der Waals surface area contributed by atoms with Gasteiger partial charge < -0.3 is 30.2 Å². The van der Waals surface area contributed by atoms with Crippen molar-refractivity contribution in [1.82, 2.24) is 5.32 Å². The highest BCUT2D eigenvalue weighted by molar-refractivity contribution is 8.00. The Hall–Kier alpha value is -4.93. The summed E-state index contributed by atoms with van der Waals surface area (Å²) in [6, 6.07) is 26.2. The molecule has 1 unspecified atom stereocenters. The van der Waals surface area contributed by atoms with Crippen LogP contribution in [0.1, 0.15) is 36.2 Å². The summed E-state index contributed by atoms with van der Waals surface area (Å²) in [7, 11) is 3.00. The van der Waals surface area contributed by atoms with Crippen LogP contribution in [0.2, 0.25) is 5.02 Å². The summed E-state index contributed by atoms with van der Waals surface area (Å²) in [5.41, 5.74) is 2.08. The second kappa shape index (κ2) is 17.1. The maximum absolute atomic E-state index is 13.6. The van der Waals surface area contributed by atoms with Crippen LogP contribution in [0, 0.1) is 0 Å². The maximum Gasteiger partial charge on any atom is 0.272 e. The topological polar surface area (TPSA) is 115 Å². The van der Waals surface area contributed by atoms with Gasteiger partial charge in [0.2, 0.25) is 5.91 Å². The van der Waals surface area contributed by atoms with E-state index in [2.05, 4.69) is 16.0 Å². The van der Waals surface area contributed by atoms with E-state index >= 15 is 0 Å². The Bertz CT molecular complexity index is 1730. The fraction of sp³-hybridized carbons (Fsp3) is 0.194. The van der Waals surface area contributed by atoms with Crippen LogP contribution in [0.5, 0.6) is 17.2 Å². The number of methoxy groups -OCH3 is 2. The zero-order valence-electron chi connectivity index (χ0n) is 26.5. The van der Waals surface area contributed by atoms with Gasteiger partial charge in [0.1, 0.15) is 22.9 Å². The van der Waals surface area contributed by atoms with E-state index in [0.717, 1.165) is 4.90 Å². The van der Waals surface area contributed by atoms with Crippen molar-refractivity contribution in [2.75, 3.05) is 31.5 Å². The fourth-order valence-corrected chi connectivity index (χ4v) is 5.69. The largest absolute Gasteiger partial charge is 0.495 e. The van der Waals surface area contributed by atoms with Crippen LogP contribution >= 0.6 is 23.4 Å². The number of thioether (sulfide) groups is 1. The van der Waals surface area contributed by atoms with E-state index < -0.39 is 17.1 Å². The van der Waals surface area contributed by atoms with E-state index in [1.165, 1.54) is 26.0 Å². The summed E-state index contributed by atoms with van der Waals surface area (Å²) in [5, 5.41) is 8.40. The lowest BCUT2D eigenvalue weighted by Gasteiger charge is -2.18. The summed E-state index contributed by atoms with van der Waals surface area (Å²) >= 11 is 7.63. The van der Waals surface area contributed by atoms with Crippen molar-refractivity contribution in [1.29, 1.82) is 0 Å². The Morgan fingerprint density at radius 3 is 2.23 bits per heavy atom. The molecule has 0 aliphatic carbocycles. The van der Waals surface area contributed by atoms with Crippen LogP contribution < -0.4 is 30.2 Å². The van der Waals surface area contributed by atoms with Crippen molar-refractivity contribution in [3.63, 3.8) is 0 Å². The van der Waals surface area contributed by atoms with Gasteiger partial charge in [0.25, 0.3) is 11.8 Å². The fourth-order valence-electron chi connectivity index (χ4n) is 4.44. The van der Waals surface area contributed by atoms with Gasteiger partial charge in [-0.2, -0.15) is 0 Å². The summed E-state index contributed by atoms with van der Waals surface area (Å²) in [4.78, 5) is 40.6. The second-order valence-electron chi connectivity index (χ2n) is 10.1. The Kier molecular flexibility index (Phi) is 12.7. The first-order valence-electron chi connectivity index (χ1n) is 14.9. The van der Waals surface area contributed by atoms with E-state index in [4.69, 9.17) is 25.8 Å². The Labute approximate surface area is 283 Å². The molecule has 4 rings (SSSR count). The minimum atomic E-state index is -0.515. The molecule has 0 spiro atoms. The highest BCUT2D eigenvalue weighted by Gasteiger charge is 2.21. The molecule has 0 radical (unpaired) electrons. The van der Waals surface area contributed by atoms with E-state index in [0.29, 0.717) is 57.8 Å². The first-order valence-corrected chi connectivity index (χ1v) is 16.1. The molecule has 0 saturated carbocycles. The highest BCUT2D eigenvalue weighted by atomic mass is 35.5. The minimum Gasteiger partial charge on any atom is -0.495 e. The molecule has 0 fully saturated rings. The van der Waals surface area contributed by atoms with Gasteiger partial charge in [0.15, 0.2) is 0 Å². The molecule has 11 heteroatoms. The Morgan fingerprint density at radius 1 is 0.851 bits per heavy atom. The van der Waals surface area contributed by atoms with Crippen LogP contribution in [-0.2, 0) is 9.59 Å². The van der Waals surface area contributed by atoms with Gasteiger partial charge in [0.05, 0.1) is 36.8 Å². The van der Waals surface area contributed by atoms with E-state index in [9.17, 15) is 14.4 Å². The lowest BCUT2D eigenvalue weighted by Crippen LogP contribution is -2.30. The predicted molar refractivity (Wildman–Crippen MR) is 188 cm³/mol. The summed E-state index contributed by atoms with van der Waals surface area (Å²) in [6.07, 6.45) is 2.13. The molecule has 0 heterocycles. The van der Waals surface area contributed by atoms with Crippen LogP contribution in [-0.4, -0.2) is 43.8 Å². The van der Waals surface area contributed by atoms with E-state index in [1.807, 2.05) is 26.0 Å². The van der Waals surface area contributed by atoms with Gasteiger partial charge >= 0.3 is 0 Å². The van der Waals surface area contributed by atoms with Gasteiger partial charge in [-0.05, 0) is 73.5 Å². The molecule has 0 bridgehead atoms. The lowest BCUT2D eigenvalue weighted by atomic mass is 10.1. The third-order valence-corrected chi connectivity index (χ3v) is 8.45. The molecule has 0 aromatic heterocycles. The lowest BCUT2D eigenvalue weighted by molar-refractivity contribution is -0.116. The number of ether oxygens (including phenoxy) is 3. The van der Waals surface area contributed by atoms with Gasteiger partial charge in [0, 0.05) is 22.2 Å². The second-order valence-corrected chi connectivity index (χ2v) is 11.7. The number of hydrogen-bond donors (Lipinski definition) is 3. The monoisotopic (exact) mass is 673 g/mol. The average molecular weight is 674 g/mol. The zero-order valence-corrected chi connectivity index (χ0v) is 28.0. The van der Waals surface area contributed by atoms with Crippen LogP contribution in [0.25, 0.3) is 6.08 Å². The van der Waals surface area contributed by atoms with Crippen molar-refractivity contribution in [2.24, 2.45) is 0 Å². The molecular formula is C36H36ClN3O6S. The molecule has 3 amide bonds. The predicted octanol–water partition coefficient (Wildman–Crippen LogP) is 7.67. The van der Waals surface area contributed by atoms with Crippen molar-refractivity contribution < 1.29 is 28.6 Å². The molecule has 4 aromatic rings. The highest BCUT2D eigenvalue weighted by Crippen LogP contribution is 2.37. The van der Waals surface area contributed by atoms with Crippen molar-refractivity contribution in [3.05, 3.63) is 113 Å². The smallest absolute Gasteiger partial charge is 0.272 e. The number of nitrogens with one attached hydrogen (secondary N) is 3.